The Kier molecular flexibility index (Phi) is 7.14. The lowest BCUT2D eigenvalue weighted by molar-refractivity contribution is -0.143. The van der Waals surface area contributed by atoms with Crippen LogP contribution in [0.4, 0.5) is 14.9 Å². The number of rotatable bonds is 6. The normalized spacial score (nSPS) is 25.9. The first kappa shape index (κ1) is 24.2. The molecule has 1 aliphatic carbocycles. The summed E-state index contributed by atoms with van der Waals surface area (Å²) in [4.78, 5) is 31.1. The van der Waals surface area contributed by atoms with Gasteiger partial charge in [0.2, 0.25) is 5.91 Å². The number of halogens is 2. The van der Waals surface area contributed by atoms with Gasteiger partial charge in [-0.1, -0.05) is 11.6 Å². The summed E-state index contributed by atoms with van der Waals surface area (Å²) < 4.78 is 13.4. The van der Waals surface area contributed by atoms with E-state index in [1.807, 2.05) is 0 Å². The van der Waals surface area contributed by atoms with Gasteiger partial charge in [-0.2, -0.15) is 0 Å². The van der Waals surface area contributed by atoms with Crippen LogP contribution in [-0.2, 0) is 4.79 Å². The van der Waals surface area contributed by atoms with Crippen molar-refractivity contribution in [2.75, 3.05) is 44.6 Å². The van der Waals surface area contributed by atoms with Crippen LogP contribution in [0.15, 0.2) is 18.2 Å². The third-order valence-corrected chi connectivity index (χ3v) is 7.80. The summed E-state index contributed by atoms with van der Waals surface area (Å²) in [6.45, 7) is 4.42. The number of hydrogen-bond donors (Lipinski definition) is 3. The molecule has 182 valence electrons. The zero-order valence-corrected chi connectivity index (χ0v) is 19.6. The van der Waals surface area contributed by atoms with Crippen molar-refractivity contribution in [1.82, 2.24) is 14.7 Å². The molecule has 1 aromatic rings. The molecule has 3 aliphatic rings. The number of aliphatic hydroxyl groups is 2. The second-order valence-corrected chi connectivity index (χ2v) is 9.92. The molecule has 1 spiro atoms. The number of β-amino-alcohol motifs (C(OH)–C–C–N with tert-alkyl or cyclic N) is 1. The van der Waals surface area contributed by atoms with Crippen LogP contribution in [0.2, 0.25) is 5.02 Å². The van der Waals surface area contributed by atoms with Gasteiger partial charge in [0.05, 0.1) is 23.8 Å². The molecule has 4 rings (SSSR count). The topological polar surface area (TPSA) is 96.3 Å². The third-order valence-electron chi connectivity index (χ3n) is 7.51. The number of piperidine rings is 1. The molecule has 2 saturated heterocycles. The van der Waals surface area contributed by atoms with E-state index in [4.69, 9.17) is 11.6 Å². The second kappa shape index (κ2) is 9.74. The fraction of sp³-hybridized carbons (Fsp3) is 0.652. The molecular weight excluding hydrogens is 451 g/mol. The Balaban J connectivity index is 1.30. The Morgan fingerprint density at radius 3 is 2.70 bits per heavy atom. The van der Waals surface area contributed by atoms with E-state index in [0.29, 0.717) is 38.3 Å². The maximum atomic E-state index is 13.4. The van der Waals surface area contributed by atoms with E-state index < -0.39 is 17.9 Å². The molecule has 1 aromatic carbocycles. The highest BCUT2D eigenvalue weighted by Gasteiger charge is 2.51. The summed E-state index contributed by atoms with van der Waals surface area (Å²) in [6, 6.07) is 2.40. The Hall–Kier alpha value is -1.94. The predicted octanol–water partition coefficient (Wildman–Crippen LogP) is 2.14. The standard InChI is InChI=1S/C23H32ClFN4O4/c1-15-21(32)29(11-10-28(15)22(33)26-16-2-3-19(25)18(24)12-16)17(14-30)4-8-27-9-7-23(5-6-23)20(31)13-27/h2-3,12,15,17,20,30-31H,4-11,13-14H2,1H3,(H,26,33)/t15-,17-,20+/m0/s1. The van der Waals surface area contributed by atoms with Crippen molar-refractivity contribution in [2.24, 2.45) is 5.41 Å². The Bertz CT molecular complexity index is 899. The molecule has 10 heteroatoms. The maximum Gasteiger partial charge on any atom is 0.322 e. The summed E-state index contributed by atoms with van der Waals surface area (Å²) in [5.41, 5.74) is 0.493. The minimum atomic E-state index is -0.699. The van der Waals surface area contributed by atoms with Gasteiger partial charge in [0.15, 0.2) is 0 Å². The lowest BCUT2D eigenvalue weighted by atomic mass is 9.90. The van der Waals surface area contributed by atoms with Crippen molar-refractivity contribution in [3.05, 3.63) is 29.0 Å². The fourth-order valence-electron chi connectivity index (χ4n) is 5.00. The first-order valence-electron chi connectivity index (χ1n) is 11.6. The van der Waals surface area contributed by atoms with E-state index in [0.717, 1.165) is 25.8 Å². The van der Waals surface area contributed by atoms with Crippen LogP contribution in [0, 0.1) is 11.2 Å². The first-order valence-corrected chi connectivity index (χ1v) is 12.0. The van der Waals surface area contributed by atoms with Crippen LogP contribution >= 0.6 is 11.6 Å². The van der Waals surface area contributed by atoms with Crippen LogP contribution in [0.25, 0.3) is 0 Å². The van der Waals surface area contributed by atoms with Crippen LogP contribution in [-0.4, -0.2) is 94.4 Å². The lowest BCUT2D eigenvalue weighted by Gasteiger charge is -2.43. The number of carbonyl (C=O) groups is 2. The molecule has 3 N–H and O–H groups in total. The molecule has 3 amide bonds. The minimum absolute atomic E-state index is 0.0962. The SMILES string of the molecule is C[C@H]1C(=O)N([C@H](CO)CCN2CCC3(CC3)[C@H](O)C2)CCN1C(=O)Nc1ccc(F)c(Cl)c1. The van der Waals surface area contributed by atoms with Gasteiger partial charge in [0.25, 0.3) is 0 Å². The molecule has 3 atom stereocenters. The molecule has 33 heavy (non-hydrogen) atoms. The number of benzene rings is 1. The van der Waals surface area contributed by atoms with Gasteiger partial charge in [-0.15, -0.1) is 0 Å². The zero-order valence-electron chi connectivity index (χ0n) is 18.8. The molecule has 2 heterocycles. The highest BCUT2D eigenvalue weighted by Crippen LogP contribution is 2.53. The highest BCUT2D eigenvalue weighted by molar-refractivity contribution is 6.31. The molecule has 3 fully saturated rings. The Morgan fingerprint density at radius 2 is 2.06 bits per heavy atom. The number of urea groups is 1. The number of anilines is 1. The van der Waals surface area contributed by atoms with Crippen molar-refractivity contribution in [2.45, 2.75) is 50.8 Å². The molecule has 2 aliphatic heterocycles. The lowest BCUT2D eigenvalue weighted by Crippen LogP contribution is -2.61. The predicted molar refractivity (Wildman–Crippen MR) is 123 cm³/mol. The largest absolute Gasteiger partial charge is 0.394 e. The van der Waals surface area contributed by atoms with E-state index in [2.05, 4.69) is 10.2 Å². The fourth-order valence-corrected chi connectivity index (χ4v) is 5.18. The van der Waals surface area contributed by atoms with Crippen LogP contribution in [0.3, 0.4) is 0 Å². The average molecular weight is 483 g/mol. The van der Waals surface area contributed by atoms with Crippen LogP contribution in [0.5, 0.6) is 0 Å². The number of hydrogen-bond acceptors (Lipinski definition) is 5. The van der Waals surface area contributed by atoms with Gasteiger partial charge in [0, 0.05) is 31.9 Å². The van der Waals surface area contributed by atoms with Gasteiger partial charge in [0.1, 0.15) is 11.9 Å². The molecular formula is C23H32ClFN4O4. The Labute approximate surface area is 198 Å². The van der Waals surface area contributed by atoms with Gasteiger partial charge >= 0.3 is 6.03 Å². The second-order valence-electron chi connectivity index (χ2n) is 9.51. The summed E-state index contributed by atoms with van der Waals surface area (Å²) in [5, 5.41) is 22.9. The number of likely N-dealkylation sites (tertiary alicyclic amines) is 1. The summed E-state index contributed by atoms with van der Waals surface area (Å²) in [6.07, 6.45) is 3.54. The summed E-state index contributed by atoms with van der Waals surface area (Å²) in [7, 11) is 0. The van der Waals surface area contributed by atoms with Gasteiger partial charge in [-0.05, 0) is 62.8 Å². The van der Waals surface area contributed by atoms with E-state index in [1.165, 1.54) is 23.1 Å². The van der Waals surface area contributed by atoms with E-state index in [-0.39, 0.29) is 35.1 Å². The maximum absolute atomic E-state index is 13.4. The van der Waals surface area contributed by atoms with Crippen molar-refractivity contribution >= 4 is 29.2 Å². The molecule has 0 radical (unpaired) electrons. The number of amides is 3. The quantitative estimate of drug-likeness (QED) is 0.577. The summed E-state index contributed by atoms with van der Waals surface area (Å²) in [5.74, 6) is -0.795. The molecule has 0 bridgehead atoms. The number of nitrogens with one attached hydrogen (secondary N) is 1. The number of carbonyl (C=O) groups excluding carboxylic acids is 2. The Morgan fingerprint density at radius 1 is 1.30 bits per heavy atom. The van der Waals surface area contributed by atoms with Crippen molar-refractivity contribution in [3.63, 3.8) is 0 Å². The molecule has 0 aromatic heterocycles. The monoisotopic (exact) mass is 482 g/mol. The molecule has 0 unspecified atom stereocenters. The van der Waals surface area contributed by atoms with Gasteiger partial charge in [-0.25, -0.2) is 9.18 Å². The van der Waals surface area contributed by atoms with Crippen molar-refractivity contribution < 1.29 is 24.2 Å². The first-order chi connectivity index (χ1) is 15.7. The summed E-state index contributed by atoms with van der Waals surface area (Å²) >= 11 is 5.77. The highest BCUT2D eigenvalue weighted by atomic mass is 35.5. The smallest absolute Gasteiger partial charge is 0.322 e. The van der Waals surface area contributed by atoms with Crippen LogP contribution < -0.4 is 5.32 Å². The minimum Gasteiger partial charge on any atom is -0.394 e. The van der Waals surface area contributed by atoms with Gasteiger partial charge < -0.3 is 30.2 Å². The number of nitrogens with zero attached hydrogens (tertiary/aromatic N) is 3. The third kappa shape index (κ3) is 5.11. The van der Waals surface area contributed by atoms with E-state index in [9.17, 15) is 24.2 Å². The van der Waals surface area contributed by atoms with Crippen molar-refractivity contribution in [3.8, 4) is 0 Å². The van der Waals surface area contributed by atoms with Crippen LogP contribution in [0.1, 0.15) is 32.6 Å². The average Bonchev–Trinajstić information content (AvgIpc) is 3.57. The molecule has 1 saturated carbocycles. The molecule has 8 nitrogen and oxygen atoms in total. The van der Waals surface area contributed by atoms with E-state index in [1.54, 1.807) is 11.8 Å². The van der Waals surface area contributed by atoms with Crippen molar-refractivity contribution in [1.29, 1.82) is 0 Å². The van der Waals surface area contributed by atoms with Gasteiger partial charge in [-0.3, -0.25) is 4.79 Å². The zero-order chi connectivity index (χ0) is 23.8. The number of piperazine rings is 1. The number of aliphatic hydroxyl groups excluding tert-OH is 2. The van der Waals surface area contributed by atoms with E-state index >= 15 is 0 Å².